The molecule has 0 radical (unpaired) electrons. The van der Waals surface area contributed by atoms with E-state index in [-0.39, 0.29) is 42.4 Å². The molecule has 0 spiro atoms. The highest BCUT2D eigenvalue weighted by atomic mass is 19.4. The second kappa shape index (κ2) is 10.1. The maximum absolute atomic E-state index is 13.2. The lowest BCUT2D eigenvalue weighted by Crippen LogP contribution is -2.41. The minimum atomic E-state index is -4.53. The van der Waals surface area contributed by atoms with Crippen molar-refractivity contribution in [1.29, 1.82) is 0 Å². The molecule has 4 atom stereocenters. The standard InChI is InChI=1S/C28H31F3N2O5/c29-28(30,31)20-3-1-17-5-8-32(27(35)23(17)12-20)14-22(34)11-19-13-33(21-7-9-36-16-21)15-25(19)38-24-4-2-18-6-10-37-26(18)24/h1,3,6,10,12,19,21,24-25H,2,4-5,7-9,11,13-16H2/t19?,21?,24?,25-/m0/s1. The van der Waals surface area contributed by atoms with Crippen LogP contribution in [-0.2, 0) is 33.3 Å². The number of ketones is 1. The fraction of sp³-hybridized carbons (Fsp3) is 0.571. The summed E-state index contributed by atoms with van der Waals surface area (Å²) in [5, 5.41) is 0. The van der Waals surface area contributed by atoms with Crippen molar-refractivity contribution in [2.24, 2.45) is 5.92 Å². The summed E-state index contributed by atoms with van der Waals surface area (Å²) >= 11 is 0. The number of fused-ring (bicyclic) bond motifs is 2. The second-order valence-electron chi connectivity index (χ2n) is 10.8. The number of benzene rings is 1. The van der Waals surface area contributed by atoms with E-state index >= 15 is 0 Å². The molecule has 0 saturated carbocycles. The summed E-state index contributed by atoms with van der Waals surface area (Å²) in [4.78, 5) is 30.0. The summed E-state index contributed by atoms with van der Waals surface area (Å²) < 4.78 is 57.4. The van der Waals surface area contributed by atoms with E-state index in [2.05, 4.69) is 4.90 Å². The number of rotatable bonds is 7. The lowest BCUT2D eigenvalue weighted by molar-refractivity contribution is -0.137. The largest absolute Gasteiger partial charge is 0.466 e. The van der Waals surface area contributed by atoms with Crippen LogP contribution in [0.3, 0.4) is 0 Å². The average Bonchev–Trinajstić information content (AvgIpc) is 3.67. The van der Waals surface area contributed by atoms with Crippen LogP contribution < -0.4 is 0 Å². The van der Waals surface area contributed by atoms with Crippen molar-refractivity contribution in [1.82, 2.24) is 9.80 Å². The second-order valence-corrected chi connectivity index (χ2v) is 10.8. The first-order valence-electron chi connectivity index (χ1n) is 13.3. The number of ether oxygens (including phenoxy) is 2. The molecule has 3 unspecified atom stereocenters. The van der Waals surface area contributed by atoms with E-state index in [4.69, 9.17) is 13.9 Å². The van der Waals surface area contributed by atoms with Gasteiger partial charge in [0, 0.05) is 50.2 Å². The lowest BCUT2D eigenvalue weighted by atomic mass is 9.95. The first-order chi connectivity index (χ1) is 18.3. The number of amides is 1. The van der Waals surface area contributed by atoms with Gasteiger partial charge in [0.25, 0.3) is 5.91 Å². The molecule has 2 fully saturated rings. The van der Waals surface area contributed by atoms with Crippen molar-refractivity contribution in [3.05, 3.63) is 58.5 Å². The Morgan fingerprint density at radius 2 is 1.97 bits per heavy atom. The molecule has 38 heavy (non-hydrogen) atoms. The molecule has 4 aliphatic rings. The summed E-state index contributed by atoms with van der Waals surface area (Å²) in [6.07, 6.45) is 0.219. The van der Waals surface area contributed by atoms with Crippen LogP contribution in [-0.4, -0.2) is 73.0 Å². The van der Waals surface area contributed by atoms with E-state index in [9.17, 15) is 22.8 Å². The molecular weight excluding hydrogens is 501 g/mol. The van der Waals surface area contributed by atoms with Crippen LogP contribution in [0, 0.1) is 5.92 Å². The number of hydrogen-bond acceptors (Lipinski definition) is 6. The highest BCUT2D eigenvalue weighted by Gasteiger charge is 2.42. The van der Waals surface area contributed by atoms with Gasteiger partial charge in [0.15, 0.2) is 5.78 Å². The highest BCUT2D eigenvalue weighted by Crippen LogP contribution is 2.39. The molecule has 1 amide bonds. The van der Waals surface area contributed by atoms with E-state index in [1.807, 2.05) is 6.07 Å². The molecule has 2 aromatic rings. The normalized spacial score (nSPS) is 27.7. The summed E-state index contributed by atoms with van der Waals surface area (Å²) in [6, 6.07) is 5.55. The topological polar surface area (TPSA) is 72.2 Å². The van der Waals surface area contributed by atoms with Gasteiger partial charge < -0.3 is 18.8 Å². The summed E-state index contributed by atoms with van der Waals surface area (Å²) in [7, 11) is 0. The van der Waals surface area contributed by atoms with Gasteiger partial charge in [0.05, 0.1) is 31.1 Å². The number of hydrogen-bond donors (Lipinski definition) is 0. The minimum Gasteiger partial charge on any atom is -0.466 e. The summed E-state index contributed by atoms with van der Waals surface area (Å²) in [5.74, 6) is 0.188. The molecule has 10 heteroatoms. The Labute approximate surface area is 218 Å². The molecule has 6 rings (SSSR count). The number of aryl methyl sites for hydroxylation is 1. The molecule has 1 aliphatic carbocycles. The maximum atomic E-state index is 13.2. The van der Waals surface area contributed by atoms with Gasteiger partial charge in [0.2, 0.25) is 0 Å². The summed E-state index contributed by atoms with van der Waals surface area (Å²) in [6.45, 7) is 2.99. The number of carbonyl (C=O) groups is 2. The predicted molar refractivity (Wildman–Crippen MR) is 130 cm³/mol. The van der Waals surface area contributed by atoms with E-state index in [1.54, 1.807) is 6.26 Å². The SMILES string of the molecule is O=C(CC1CN(C2CCOC2)C[C@@H]1OC1CCc2ccoc21)CN1CCc2ccc(C(F)(F)F)cc2C1=O. The lowest BCUT2D eigenvalue weighted by Gasteiger charge is -2.29. The zero-order valence-corrected chi connectivity index (χ0v) is 21.0. The van der Waals surface area contributed by atoms with E-state index in [0.29, 0.717) is 44.3 Å². The van der Waals surface area contributed by atoms with Crippen LogP contribution >= 0.6 is 0 Å². The third kappa shape index (κ3) is 5.01. The molecule has 2 saturated heterocycles. The van der Waals surface area contributed by atoms with Gasteiger partial charge in [-0.2, -0.15) is 13.2 Å². The van der Waals surface area contributed by atoms with Crippen LogP contribution in [0.2, 0.25) is 0 Å². The summed E-state index contributed by atoms with van der Waals surface area (Å²) in [5.41, 5.74) is 0.925. The number of Topliss-reactive ketones (excluding diaryl/α,β-unsaturated/α-hetero) is 1. The first-order valence-corrected chi connectivity index (χ1v) is 13.3. The third-order valence-corrected chi connectivity index (χ3v) is 8.38. The predicted octanol–water partition coefficient (Wildman–Crippen LogP) is 4.05. The number of alkyl halides is 3. The Bertz CT molecular complexity index is 1210. The van der Waals surface area contributed by atoms with Crippen molar-refractivity contribution in [3.63, 3.8) is 0 Å². The number of carbonyl (C=O) groups excluding carboxylic acids is 2. The Morgan fingerprint density at radius 1 is 1.11 bits per heavy atom. The van der Waals surface area contributed by atoms with Gasteiger partial charge in [0.1, 0.15) is 11.9 Å². The molecule has 204 valence electrons. The van der Waals surface area contributed by atoms with Crippen LogP contribution in [0.5, 0.6) is 0 Å². The maximum Gasteiger partial charge on any atom is 0.416 e. The molecule has 7 nitrogen and oxygen atoms in total. The third-order valence-electron chi connectivity index (χ3n) is 8.38. The number of nitrogens with zero attached hydrogens (tertiary/aromatic N) is 2. The number of likely N-dealkylation sites (tertiary alicyclic amines) is 1. The van der Waals surface area contributed by atoms with Crippen LogP contribution in [0.15, 0.2) is 34.9 Å². The van der Waals surface area contributed by atoms with Gasteiger partial charge in [-0.3, -0.25) is 14.5 Å². The van der Waals surface area contributed by atoms with Crippen LogP contribution in [0.4, 0.5) is 13.2 Å². The Kier molecular flexibility index (Phi) is 6.82. The zero-order valence-electron chi connectivity index (χ0n) is 21.0. The molecule has 3 aliphatic heterocycles. The molecule has 0 bridgehead atoms. The van der Waals surface area contributed by atoms with Crippen molar-refractivity contribution in [2.45, 2.75) is 56.5 Å². The molecular formula is C28H31F3N2O5. The monoisotopic (exact) mass is 532 g/mol. The number of halogens is 3. The van der Waals surface area contributed by atoms with Crippen molar-refractivity contribution >= 4 is 11.7 Å². The Hall–Kier alpha value is -2.69. The van der Waals surface area contributed by atoms with Crippen molar-refractivity contribution in [2.75, 3.05) is 39.4 Å². The fourth-order valence-electron chi connectivity index (χ4n) is 6.34. The van der Waals surface area contributed by atoms with Gasteiger partial charge in [-0.25, -0.2) is 0 Å². The first kappa shape index (κ1) is 25.6. The van der Waals surface area contributed by atoms with E-state index in [1.165, 1.54) is 16.5 Å². The van der Waals surface area contributed by atoms with Gasteiger partial charge >= 0.3 is 6.18 Å². The van der Waals surface area contributed by atoms with E-state index in [0.717, 1.165) is 43.8 Å². The van der Waals surface area contributed by atoms with E-state index < -0.39 is 17.6 Å². The quantitative estimate of drug-likeness (QED) is 0.536. The molecule has 1 aromatic carbocycles. The average molecular weight is 533 g/mol. The van der Waals surface area contributed by atoms with Gasteiger partial charge in [-0.05, 0) is 55.0 Å². The van der Waals surface area contributed by atoms with Crippen LogP contribution in [0.1, 0.15) is 58.2 Å². The number of furan rings is 1. The van der Waals surface area contributed by atoms with Gasteiger partial charge in [-0.15, -0.1) is 0 Å². The molecule has 4 heterocycles. The van der Waals surface area contributed by atoms with Crippen molar-refractivity contribution < 1.29 is 36.7 Å². The highest BCUT2D eigenvalue weighted by molar-refractivity contribution is 5.99. The molecule has 1 aromatic heterocycles. The van der Waals surface area contributed by atoms with Gasteiger partial charge in [-0.1, -0.05) is 6.07 Å². The van der Waals surface area contributed by atoms with Crippen LogP contribution in [0.25, 0.3) is 0 Å². The van der Waals surface area contributed by atoms with Crippen molar-refractivity contribution in [3.8, 4) is 0 Å². The molecule has 0 N–H and O–H groups in total. The zero-order chi connectivity index (χ0) is 26.4. The smallest absolute Gasteiger partial charge is 0.416 e. The minimum absolute atomic E-state index is 0.0313. The Balaban J connectivity index is 1.13. The fourth-order valence-corrected chi connectivity index (χ4v) is 6.34. The Morgan fingerprint density at radius 3 is 2.76 bits per heavy atom.